The van der Waals surface area contributed by atoms with Gasteiger partial charge in [0.1, 0.15) is 0 Å². The summed E-state index contributed by atoms with van der Waals surface area (Å²) in [5.74, 6) is -1.03. The van der Waals surface area contributed by atoms with Crippen molar-refractivity contribution in [3.8, 4) is 0 Å². The van der Waals surface area contributed by atoms with Crippen molar-refractivity contribution in [2.45, 2.75) is 0 Å². The first kappa shape index (κ1) is 11.1. The van der Waals surface area contributed by atoms with Crippen LogP contribution in [-0.4, -0.2) is 11.6 Å². The third kappa shape index (κ3) is 2.08. The largest absolute Gasteiger partial charge is 0.286 e. The number of carbonyl (C=O) groups is 2. The minimum atomic E-state index is -0.524. The minimum absolute atomic E-state index is 0.415. The van der Waals surface area contributed by atoms with Crippen LogP contribution in [0.15, 0.2) is 36.4 Å². The molecule has 80 valence electrons. The van der Waals surface area contributed by atoms with Gasteiger partial charge in [-0.05, 0) is 35.4 Å². The van der Waals surface area contributed by atoms with Crippen molar-refractivity contribution in [2.75, 3.05) is 0 Å². The van der Waals surface area contributed by atoms with Crippen molar-refractivity contribution in [3.05, 3.63) is 52.0 Å². The van der Waals surface area contributed by atoms with E-state index < -0.39 is 11.6 Å². The van der Waals surface area contributed by atoms with Crippen molar-refractivity contribution in [1.29, 1.82) is 0 Å². The summed E-state index contributed by atoms with van der Waals surface area (Å²) in [6.07, 6.45) is 4.13. The number of ketones is 2. The van der Waals surface area contributed by atoms with Crippen LogP contribution in [0, 0.1) is 0 Å². The Morgan fingerprint density at radius 2 is 1.62 bits per heavy atom. The lowest BCUT2D eigenvalue weighted by Crippen LogP contribution is -2.11. The molecule has 0 atom stereocenters. The van der Waals surface area contributed by atoms with E-state index >= 15 is 0 Å². The number of hydrogen-bond donors (Lipinski definition) is 0. The molecule has 0 fully saturated rings. The molecular weight excluding hydrogens is 247 g/mol. The average molecular weight is 253 g/mol. The maximum Gasteiger partial charge on any atom is 0.226 e. The van der Waals surface area contributed by atoms with E-state index in [1.54, 1.807) is 24.3 Å². The van der Waals surface area contributed by atoms with Crippen LogP contribution in [0.1, 0.15) is 5.56 Å². The SMILES string of the molecule is O=C1C=CC(c2ccc(Cl)c(Cl)c2)=CC1=O. The summed E-state index contributed by atoms with van der Waals surface area (Å²) >= 11 is 11.6. The zero-order chi connectivity index (χ0) is 11.7. The van der Waals surface area contributed by atoms with Crippen LogP contribution in [0.2, 0.25) is 10.0 Å². The summed E-state index contributed by atoms with van der Waals surface area (Å²) in [7, 11) is 0. The van der Waals surface area contributed by atoms with Gasteiger partial charge in [0.25, 0.3) is 0 Å². The number of halogens is 2. The van der Waals surface area contributed by atoms with Crippen molar-refractivity contribution >= 4 is 40.3 Å². The molecule has 0 saturated carbocycles. The van der Waals surface area contributed by atoms with Crippen molar-refractivity contribution in [1.82, 2.24) is 0 Å². The Labute approximate surface area is 102 Å². The fraction of sp³-hybridized carbons (Fsp3) is 0. The van der Waals surface area contributed by atoms with Gasteiger partial charge < -0.3 is 0 Å². The molecule has 0 heterocycles. The highest BCUT2D eigenvalue weighted by Crippen LogP contribution is 2.27. The molecule has 0 unspecified atom stereocenters. The van der Waals surface area contributed by atoms with E-state index in [2.05, 4.69) is 0 Å². The van der Waals surface area contributed by atoms with Gasteiger partial charge in [0.2, 0.25) is 11.6 Å². The minimum Gasteiger partial charge on any atom is -0.286 e. The van der Waals surface area contributed by atoms with E-state index in [9.17, 15) is 9.59 Å². The van der Waals surface area contributed by atoms with E-state index in [-0.39, 0.29) is 0 Å². The van der Waals surface area contributed by atoms with Crippen LogP contribution >= 0.6 is 23.2 Å². The van der Waals surface area contributed by atoms with Gasteiger partial charge in [-0.1, -0.05) is 35.3 Å². The molecule has 16 heavy (non-hydrogen) atoms. The van der Waals surface area contributed by atoms with Crippen LogP contribution in [0.4, 0.5) is 0 Å². The van der Waals surface area contributed by atoms with Crippen molar-refractivity contribution in [3.63, 3.8) is 0 Å². The maximum atomic E-state index is 11.2. The molecule has 0 amide bonds. The van der Waals surface area contributed by atoms with E-state index in [0.717, 1.165) is 5.56 Å². The number of hydrogen-bond acceptors (Lipinski definition) is 2. The van der Waals surface area contributed by atoms with Gasteiger partial charge in [-0.25, -0.2) is 0 Å². The maximum absolute atomic E-state index is 11.2. The predicted octanol–water partition coefficient (Wildman–Crippen LogP) is 3.08. The van der Waals surface area contributed by atoms with Gasteiger partial charge in [-0.2, -0.15) is 0 Å². The van der Waals surface area contributed by atoms with Gasteiger partial charge in [-0.3, -0.25) is 9.59 Å². The Morgan fingerprint density at radius 1 is 0.875 bits per heavy atom. The predicted molar refractivity (Wildman–Crippen MR) is 63.6 cm³/mol. The smallest absolute Gasteiger partial charge is 0.226 e. The van der Waals surface area contributed by atoms with Crippen LogP contribution in [0.25, 0.3) is 5.57 Å². The third-order valence-corrected chi connectivity index (χ3v) is 2.94. The van der Waals surface area contributed by atoms with Crippen LogP contribution in [0.3, 0.4) is 0 Å². The quantitative estimate of drug-likeness (QED) is 0.569. The fourth-order valence-corrected chi connectivity index (χ4v) is 1.66. The standard InChI is InChI=1S/C12H6Cl2O2/c13-9-3-1-7(5-10(9)14)8-2-4-11(15)12(16)6-8/h1-6H. The Hall–Kier alpha value is -1.38. The van der Waals surface area contributed by atoms with E-state index in [1.807, 2.05) is 0 Å². The molecule has 0 aromatic heterocycles. The number of carbonyl (C=O) groups excluding carboxylic acids is 2. The molecule has 2 nitrogen and oxygen atoms in total. The lowest BCUT2D eigenvalue weighted by molar-refractivity contribution is -0.131. The Balaban J connectivity index is 2.43. The highest BCUT2D eigenvalue weighted by molar-refractivity contribution is 6.48. The summed E-state index contributed by atoms with van der Waals surface area (Å²) in [5, 5.41) is 0.867. The molecule has 1 aromatic rings. The first-order valence-corrected chi connectivity index (χ1v) is 5.27. The lowest BCUT2D eigenvalue weighted by atomic mass is 9.98. The fourth-order valence-electron chi connectivity index (χ4n) is 1.36. The highest BCUT2D eigenvalue weighted by atomic mass is 35.5. The average Bonchev–Trinajstić information content (AvgIpc) is 2.26. The summed E-state index contributed by atoms with van der Waals surface area (Å²) < 4.78 is 0. The molecule has 4 heteroatoms. The lowest BCUT2D eigenvalue weighted by Gasteiger charge is -2.06. The van der Waals surface area contributed by atoms with Crippen LogP contribution in [0.5, 0.6) is 0 Å². The van der Waals surface area contributed by atoms with Gasteiger partial charge >= 0.3 is 0 Å². The van der Waals surface area contributed by atoms with E-state index in [4.69, 9.17) is 23.2 Å². The summed E-state index contributed by atoms with van der Waals surface area (Å²) in [6, 6.07) is 5.05. The second-order valence-corrected chi connectivity index (χ2v) is 4.10. The van der Waals surface area contributed by atoms with Crippen molar-refractivity contribution in [2.24, 2.45) is 0 Å². The van der Waals surface area contributed by atoms with Crippen molar-refractivity contribution < 1.29 is 9.59 Å². The van der Waals surface area contributed by atoms with Gasteiger partial charge in [-0.15, -0.1) is 0 Å². The molecule has 0 aliphatic heterocycles. The molecule has 1 aliphatic rings. The topological polar surface area (TPSA) is 34.1 Å². The first-order valence-electron chi connectivity index (χ1n) is 4.51. The molecule has 0 radical (unpaired) electrons. The van der Waals surface area contributed by atoms with Crippen LogP contribution < -0.4 is 0 Å². The molecule has 0 spiro atoms. The number of rotatable bonds is 1. The molecule has 1 aliphatic carbocycles. The Morgan fingerprint density at radius 3 is 2.25 bits per heavy atom. The summed E-state index contributed by atoms with van der Waals surface area (Å²) in [5.41, 5.74) is 1.41. The normalized spacial score (nSPS) is 15.2. The molecule has 0 N–H and O–H groups in total. The first-order chi connectivity index (χ1) is 7.58. The van der Waals surface area contributed by atoms with E-state index in [1.165, 1.54) is 12.2 Å². The number of allylic oxidation sites excluding steroid dienone is 4. The van der Waals surface area contributed by atoms with Gasteiger partial charge in [0.15, 0.2) is 0 Å². The molecule has 1 aromatic carbocycles. The number of benzene rings is 1. The zero-order valence-corrected chi connectivity index (χ0v) is 9.55. The second-order valence-electron chi connectivity index (χ2n) is 3.29. The van der Waals surface area contributed by atoms with Gasteiger partial charge in [0, 0.05) is 0 Å². The molecular formula is C12H6Cl2O2. The molecule has 2 rings (SSSR count). The summed E-state index contributed by atoms with van der Waals surface area (Å²) in [6.45, 7) is 0. The molecule has 0 bridgehead atoms. The highest BCUT2D eigenvalue weighted by Gasteiger charge is 2.14. The van der Waals surface area contributed by atoms with Crippen LogP contribution in [-0.2, 0) is 9.59 Å². The van der Waals surface area contributed by atoms with E-state index in [0.29, 0.717) is 15.6 Å². The third-order valence-electron chi connectivity index (χ3n) is 2.20. The Kier molecular flexibility index (Phi) is 2.95. The van der Waals surface area contributed by atoms with Gasteiger partial charge in [0.05, 0.1) is 10.0 Å². The second kappa shape index (κ2) is 4.24. The summed E-state index contributed by atoms with van der Waals surface area (Å²) in [4.78, 5) is 22.2. The zero-order valence-electron chi connectivity index (χ0n) is 8.04. The molecule has 0 saturated heterocycles. The Bertz CT molecular complexity index is 542. The monoisotopic (exact) mass is 252 g/mol.